The first-order valence-electron chi connectivity index (χ1n) is 5.28. The van der Waals surface area contributed by atoms with Crippen molar-refractivity contribution in [2.24, 2.45) is 0 Å². The summed E-state index contributed by atoms with van der Waals surface area (Å²) in [5.41, 5.74) is 1.60. The summed E-state index contributed by atoms with van der Waals surface area (Å²) in [4.78, 5) is 11.5. The van der Waals surface area contributed by atoms with Crippen LogP contribution in [-0.4, -0.2) is 4.92 Å². The molecule has 0 aliphatic carbocycles. The molecule has 2 rings (SSSR count). The topological polar surface area (TPSA) is 55.2 Å². The first-order valence-corrected chi connectivity index (χ1v) is 6.54. The van der Waals surface area contributed by atoms with Gasteiger partial charge < -0.3 is 5.32 Å². The Kier molecular flexibility index (Phi) is 3.84. The van der Waals surface area contributed by atoms with E-state index < -0.39 is 0 Å². The first kappa shape index (κ1) is 12.9. The second-order valence-corrected chi connectivity index (χ2v) is 5.29. The minimum atomic E-state index is -0.386. The summed E-state index contributed by atoms with van der Waals surface area (Å²) in [6, 6.07) is 6.86. The number of nitrogens with zero attached hydrogens (tertiary/aromatic N) is 1. The fourth-order valence-electron chi connectivity index (χ4n) is 1.58. The number of aryl methyl sites for hydroxylation is 1. The molecule has 0 fully saturated rings. The molecule has 0 radical (unpaired) electrons. The zero-order chi connectivity index (χ0) is 13.1. The van der Waals surface area contributed by atoms with Crippen LogP contribution in [0.3, 0.4) is 0 Å². The molecule has 2 aromatic rings. The predicted molar refractivity (Wildman–Crippen MR) is 74.5 cm³/mol. The summed E-state index contributed by atoms with van der Waals surface area (Å²) in [5, 5.41) is 16.5. The number of rotatable bonds is 4. The standard InChI is InChI=1S/C12H11ClN2O2S/c1-8-2-3-12(15(16)17)11(4-8)14-6-10-5-9(13)7-18-10/h2-5,7,14H,6H2,1H3. The van der Waals surface area contributed by atoms with Crippen LogP contribution in [0.15, 0.2) is 29.6 Å². The van der Waals surface area contributed by atoms with Crippen molar-refractivity contribution in [3.63, 3.8) is 0 Å². The quantitative estimate of drug-likeness (QED) is 0.674. The van der Waals surface area contributed by atoms with Crippen LogP contribution in [0.25, 0.3) is 0 Å². The molecule has 1 N–H and O–H groups in total. The van der Waals surface area contributed by atoms with E-state index in [2.05, 4.69) is 5.32 Å². The number of nitro groups is 1. The average Bonchev–Trinajstić information content (AvgIpc) is 2.72. The molecule has 0 spiro atoms. The van der Waals surface area contributed by atoms with E-state index in [9.17, 15) is 10.1 Å². The highest BCUT2D eigenvalue weighted by atomic mass is 35.5. The van der Waals surface area contributed by atoms with E-state index >= 15 is 0 Å². The normalized spacial score (nSPS) is 10.3. The Morgan fingerprint density at radius 3 is 2.83 bits per heavy atom. The van der Waals surface area contributed by atoms with Gasteiger partial charge in [0, 0.05) is 22.9 Å². The molecule has 1 heterocycles. The van der Waals surface area contributed by atoms with Crippen LogP contribution < -0.4 is 5.32 Å². The van der Waals surface area contributed by atoms with E-state index in [1.165, 1.54) is 17.4 Å². The molecule has 18 heavy (non-hydrogen) atoms. The highest BCUT2D eigenvalue weighted by Crippen LogP contribution is 2.27. The number of anilines is 1. The second kappa shape index (κ2) is 5.37. The maximum Gasteiger partial charge on any atom is 0.292 e. The number of benzene rings is 1. The maximum absolute atomic E-state index is 10.9. The lowest BCUT2D eigenvalue weighted by molar-refractivity contribution is -0.384. The van der Waals surface area contributed by atoms with Crippen molar-refractivity contribution in [1.82, 2.24) is 0 Å². The Balaban J connectivity index is 2.17. The number of hydrogen-bond donors (Lipinski definition) is 1. The van der Waals surface area contributed by atoms with Gasteiger partial charge in [-0.1, -0.05) is 17.7 Å². The molecule has 1 aromatic heterocycles. The Morgan fingerprint density at radius 2 is 2.22 bits per heavy atom. The number of hydrogen-bond acceptors (Lipinski definition) is 4. The van der Waals surface area contributed by atoms with Gasteiger partial charge in [0.2, 0.25) is 0 Å². The summed E-state index contributed by atoms with van der Waals surface area (Å²) in [6.07, 6.45) is 0. The van der Waals surface area contributed by atoms with Crippen LogP contribution >= 0.6 is 22.9 Å². The molecular weight excluding hydrogens is 272 g/mol. The van der Waals surface area contributed by atoms with E-state index in [1.807, 2.05) is 18.4 Å². The van der Waals surface area contributed by atoms with Gasteiger partial charge in [0.1, 0.15) is 5.69 Å². The van der Waals surface area contributed by atoms with Crippen molar-refractivity contribution in [2.75, 3.05) is 5.32 Å². The number of halogens is 1. The van der Waals surface area contributed by atoms with E-state index in [4.69, 9.17) is 11.6 Å². The van der Waals surface area contributed by atoms with Crippen molar-refractivity contribution < 1.29 is 4.92 Å². The number of nitro benzene ring substituents is 1. The molecule has 0 bridgehead atoms. The monoisotopic (exact) mass is 282 g/mol. The third kappa shape index (κ3) is 3.00. The van der Waals surface area contributed by atoms with Gasteiger partial charge in [-0.25, -0.2) is 0 Å². The summed E-state index contributed by atoms with van der Waals surface area (Å²) >= 11 is 7.35. The van der Waals surface area contributed by atoms with Gasteiger partial charge in [-0.05, 0) is 24.6 Å². The van der Waals surface area contributed by atoms with Crippen LogP contribution in [0.1, 0.15) is 10.4 Å². The van der Waals surface area contributed by atoms with Crippen molar-refractivity contribution in [2.45, 2.75) is 13.5 Å². The summed E-state index contributed by atoms with van der Waals surface area (Å²) in [7, 11) is 0. The minimum Gasteiger partial charge on any atom is -0.375 e. The lowest BCUT2D eigenvalue weighted by atomic mass is 10.2. The Bertz CT molecular complexity index is 583. The molecule has 0 atom stereocenters. The van der Waals surface area contributed by atoms with Crippen molar-refractivity contribution in [1.29, 1.82) is 0 Å². The molecular formula is C12H11ClN2O2S. The van der Waals surface area contributed by atoms with Gasteiger partial charge in [-0.2, -0.15) is 0 Å². The molecule has 0 aliphatic rings. The van der Waals surface area contributed by atoms with Crippen molar-refractivity contribution in [3.05, 3.63) is 55.2 Å². The first-order chi connectivity index (χ1) is 8.56. The molecule has 94 valence electrons. The molecule has 0 saturated carbocycles. The fraction of sp³-hybridized carbons (Fsp3) is 0.167. The van der Waals surface area contributed by atoms with Gasteiger partial charge in [0.05, 0.1) is 9.95 Å². The van der Waals surface area contributed by atoms with E-state index in [0.29, 0.717) is 17.3 Å². The number of thiophene rings is 1. The fourth-order valence-corrected chi connectivity index (χ4v) is 2.59. The largest absolute Gasteiger partial charge is 0.375 e. The third-order valence-electron chi connectivity index (χ3n) is 2.42. The van der Waals surface area contributed by atoms with Crippen molar-refractivity contribution >= 4 is 34.3 Å². The van der Waals surface area contributed by atoms with Gasteiger partial charge in [0.25, 0.3) is 5.69 Å². The van der Waals surface area contributed by atoms with E-state index in [1.54, 1.807) is 12.1 Å². The van der Waals surface area contributed by atoms with Crippen LogP contribution in [0.5, 0.6) is 0 Å². The van der Waals surface area contributed by atoms with Gasteiger partial charge >= 0.3 is 0 Å². The molecule has 4 nitrogen and oxygen atoms in total. The van der Waals surface area contributed by atoms with E-state index in [0.717, 1.165) is 10.4 Å². The smallest absolute Gasteiger partial charge is 0.292 e. The van der Waals surface area contributed by atoms with Gasteiger partial charge in [-0.3, -0.25) is 10.1 Å². The van der Waals surface area contributed by atoms with Crippen LogP contribution in [0.2, 0.25) is 5.02 Å². The van der Waals surface area contributed by atoms with Crippen LogP contribution in [-0.2, 0) is 6.54 Å². The lowest BCUT2D eigenvalue weighted by Crippen LogP contribution is -2.01. The molecule has 0 saturated heterocycles. The zero-order valence-corrected chi connectivity index (χ0v) is 11.2. The highest BCUT2D eigenvalue weighted by Gasteiger charge is 2.13. The SMILES string of the molecule is Cc1ccc([N+](=O)[O-])c(NCc2cc(Cl)cs2)c1. The highest BCUT2D eigenvalue weighted by molar-refractivity contribution is 7.10. The molecule has 0 unspecified atom stereocenters. The van der Waals surface area contributed by atoms with Gasteiger partial charge in [0.15, 0.2) is 0 Å². The molecule has 6 heteroatoms. The molecule has 0 amide bonds. The zero-order valence-electron chi connectivity index (χ0n) is 9.64. The van der Waals surface area contributed by atoms with Gasteiger partial charge in [-0.15, -0.1) is 11.3 Å². The Labute approximate surface area is 113 Å². The average molecular weight is 283 g/mol. The van der Waals surface area contributed by atoms with Crippen LogP contribution in [0.4, 0.5) is 11.4 Å². The van der Waals surface area contributed by atoms with Crippen LogP contribution in [0, 0.1) is 17.0 Å². The number of nitrogens with one attached hydrogen (secondary N) is 1. The van der Waals surface area contributed by atoms with E-state index in [-0.39, 0.29) is 10.6 Å². The lowest BCUT2D eigenvalue weighted by Gasteiger charge is -2.06. The molecule has 1 aromatic carbocycles. The maximum atomic E-state index is 10.9. The van der Waals surface area contributed by atoms with Crippen molar-refractivity contribution in [3.8, 4) is 0 Å². The predicted octanol–water partition coefficient (Wildman–Crippen LogP) is 4.23. The third-order valence-corrected chi connectivity index (χ3v) is 3.71. The second-order valence-electron chi connectivity index (χ2n) is 3.86. The summed E-state index contributed by atoms with van der Waals surface area (Å²) in [5.74, 6) is 0. The minimum absolute atomic E-state index is 0.0863. The Hall–Kier alpha value is -1.59. The molecule has 0 aliphatic heterocycles. The Morgan fingerprint density at radius 1 is 1.44 bits per heavy atom. The summed E-state index contributed by atoms with van der Waals surface area (Å²) < 4.78 is 0. The summed E-state index contributed by atoms with van der Waals surface area (Å²) in [6.45, 7) is 2.43.